The zero-order chi connectivity index (χ0) is 41.2. The van der Waals surface area contributed by atoms with Crippen molar-refractivity contribution in [1.82, 2.24) is 0 Å². The summed E-state index contributed by atoms with van der Waals surface area (Å²) in [7, 11) is -0.173. The van der Waals surface area contributed by atoms with E-state index in [-0.39, 0.29) is 66.5 Å². The third-order valence-electron chi connectivity index (χ3n) is 14.9. The summed E-state index contributed by atoms with van der Waals surface area (Å²) in [6.45, 7) is 39.8. The first-order valence-electron chi connectivity index (χ1n) is 23.8. The molecule has 0 amide bonds. The van der Waals surface area contributed by atoms with Gasteiger partial charge in [0.2, 0.25) is 0 Å². The Morgan fingerprint density at radius 1 is 0.293 bits per heavy atom. The predicted octanol–water partition coefficient (Wildman–Crippen LogP) is 12.2. The van der Waals surface area contributed by atoms with Crippen LogP contribution in [0.1, 0.15) is 162 Å². The summed E-state index contributed by atoms with van der Waals surface area (Å²) in [6.07, 6.45) is 11.7. The van der Waals surface area contributed by atoms with Crippen LogP contribution in [0.25, 0.3) is 0 Å². The van der Waals surface area contributed by atoms with Crippen molar-refractivity contribution in [2.75, 3.05) is 0 Å². The van der Waals surface area contributed by atoms with Gasteiger partial charge in [-0.25, -0.2) is 0 Å². The molecule has 0 aromatic heterocycles. The fourth-order valence-corrected chi connectivity index (χ4v) is 29.1. The molecule has 0 radical (unpaired) electrons. The zero-order valence-corrected chi connectivity index (χ0v) is 46.5. The van der Waals surface area contributed by atoms with Gasteiger partial charge in [0.15, 0.2) is 0 Å². The van der Waals surface area contributed by atoms with Crippen LogP contribution in [0.3, 0.4) is 0 Å². The van der Waals surface area contributed by atoms with E-state index in [0.29, 0.717) is 0 Å². The fraction of sp³-hybridized carbons (Fsp3) is 0.769. The molecule has 0 nitrogen and oxygen atoms in total. The molecule has 58 heavy (non-hydrogen) atoms. The molecular weight excluding hydrogens is 981 g/mol. The molecule has 2 aromatic carbocycles. The number of benzene rings is 2. The number of hydrogen-bond acceptors (Lipinski definition) is 0. The summed E-state index contributed by atoms with van der Waals surface area (Å²) in [4.78, 5) is 0. The molecule has 0 aliphatic carbocycles. The Bertz CT molecular complexity index is 1220. The van der Waals surface area contributed by atoms with Gasteiger partial charge in [-0.05, 0) is 165 Å². The number of rotatable bonds is 12. The normalized spacial score (nSPS) is 32.6. The van der Waals surface area contributed by atoms with E-state index in [2.05, 4.69) is 159 Å². The van der Waals surface area contributed by atoms with Gasteiger partial charge in [-0.15, -0.1) is 0 Å². The van der Waals surface area contributed by atoms with Crippen LogP contribution < -0.4 is 33.6 Å². The Morgan fingerprint density at radius 3 is 0.517 bits per heavy atom. The Kier molecular flexibility index (Phi) is 22.1. The van der Waals surface area contributed by atoms with Crippen LogP contribution in [0.15, 0.2) is 48.5 Å². The molecule has 6 rings (SSSR count). The van der Waals surface area contributed by atoms with E-state index >= 15 is 0 Å². The van der Waals surface area contributed by atoms with Gasteiger partial charge in [0, 0.05) is 0 Å². The minimum atomic E-state index is -0.0433. The maximum Gasteiger partial charge on any atom is 1.00 e. The summed E-state index contributed by atoms with van der Waals surface area (Å²) in [5, 5.41) is 7.32. The molecule has 4 aliphatic heterocycles. The van der Waals surface area contributed by atoms with Crippen molar-refractivity contribution in [2.45, 2.75) is 207 Å². The van der Waals surface area contributed by atoms with E-state index in [0.717, 1.165) is 92.6 Å². The molecule has 0 spiro atoms. The molecule has 0 saturated carbocycles. The minimum Gasteiger partial charge on any atom is -1.00 e. The first-order valence-corrected chi connectivity index (χ1v) is 29.7. The van der Waals surface area contributed by atoms with Crippen LogP contribution in [0.5, 0.6) is 0 Å². The van der Waals surface area contributed by atoms with E-state index in [9.17, 15) is 0 Å². The molecule has 2 aromatic rings. The van der Waals surface area contributed by atoms with Crippen LogP contribution in [-0.2, 0) is 22.4 Å². The van der Waals surface area contributed by atoms with Crippen LogP contribution in [0, 0.1) is 47.3 Å². The average Bonchev–Trinajstić information content (AvgIpc) is 3.95. The van der Waals surface area contributed by atoms with Gasteiger partial charge in [0.25, 0.3) is 0 Å². The fourth-order valence-electron chi connectivity index (χ4n) is 11.9. The number of halogens is 1. The second kappa shape index (κ2) is 23.9. The van der Waals surface area contributed by atoms with Crippen molar-refractivity contribution >= 4 is 52.9 Å². The summed E-state index contributed by atoms with van der Waals surface area (Å²) in [5.74, 6) is 6.56. The van der Waals surface area contributed by atoms with Crippen molar-refractivity contribution < 1.29 is 34.8 Å². The maximum absolute atomic E-state index is 2.58. The predicted molar refractivity (Wildman–Crippen MR) is 265 cm³/mol. The van der Waals surface area contributed by atoms with Gasteiger partial charge >= 0.3 is 22.4 Å². The van der Waals surface area contributed by atoms with Crippen LogP contribution >= 0.6 is 31.7 Å². The maximum atomic E-state index is 2.58. The molecule has 4 saturated heterocycles. The Morgan fingerprint density at radius 2 is 0.414 bits per heavy atom. The van der Waals surface area contributed by atoms with Crippen LogP contribution in [0.2, 0.25) is 0 Å². The molecule has 4 heterocycles. The Labute approximate surface area is 388 Å². The second-order valence-corrected chi connectivity index (χ2v) is 31.9. The minimum absolute atomic E-state index is 0. The standard InChI is InChI=1S/2C26H44P2.Au.ClH/c2*1-17(2)21-13-14-22(18(3)4)27(21)25-11-9-10-12-26(25)28-23(19(5)6)15-16-24(28)20(7)8;;/h2*9-12,17-24H,13-16H2,1-8H3;;1H/q;;+1;/p-1. The molecule has 0 N–H and O–H groups in total. The van der Waals surface area contributed by atoms with Gasteiger partial charge in [0.1, 0.15) is 0 Å². The molecule has 6 heteroatoms. The third kappa shape index (κ3) is 11.9. The Hall–Kier alpha value is 1.19. The molecule has 8 unspecified atom stereocenters. The molecule has 8 atom stereocenters. The summed E-state index contributed by atoms with van der Waals surface area (Å²) in [6, 6.07) is 19.7. The smallest absolute Gasteiger partial charge is 1.00 e. The Balaban J connectivity index is 0.000000300. The van der Waals surface area contributed by atoms with E-state index < -0.39 is 0 Å². The van der Waals surface area contributed by atoms with E-state index in [1.807, 2.05) is 21.2 Å². The van der Waals surface area contributed by atoms with Crippen molar-refractivity contribution in [3.8, 4) is 0 Å². The largest absolute Gasteiger partial charge is 1.00 e. The molecule has 0 bridgehead atoms. The third-order valence-corrected chi connectivity index (χ3v) is 31.6. The van der Waals surface area contributed by atoms with Crippen molar-refractivity contribution in [1.29, 1.82) is 0 Å². The number of hydrogen-bond donors (Lipinski definition) is 0. The van der Waals surface area contributed by atoms with Crippen molar-refractivity contribution in [3.05, 3.63) is 48.5 Å². The SMILES string of the molecule is CC(C)C1CCC(C(C)C)P1c1ccccc1P1C(C(C)C)CCC1C(C)C.CC(C)C1CCC(C(C)C)P1c1ccccc1P1C(C(C)C)CCC1C(C)C.[Au+].[Cl-]. The van der Waals surface area contributed by atoms with Crippen molar-refractivity contribution in [3.63, 3.8) is 0 Å². The van der Waals surface area contributed by atoms with Crippen LogP contribution in [0.4, 0.5) is 0 Å². The monoisotopic (exact) mass is 1070 g/mol. The van der Waals surface area contributed by atoms with E-state index in [4.69, 9.17) is 0 Å². The summed E-state index contributed by atoms with van der Waals surface area (Å²) in [5.41, 5.74) is 7.42. The molecule has 334 valence electrons. The topological polar surface area (TPSA) is 0 Å². The average molecular weight is 1070 g/mol. The molecule has 4 fully saturated rings. The van der Waals surface area contributed by atoms with Gasteiger partial charge < -0.3 is 12.4 Å². The first kappa shape index (κ1) is 53.5. The summed E-state index contributed by atoms with van der Waals surface area (Å²) < 4.78 is 0. The van der Waals surface area contributed by atoms with E-state index in [1.54, 1.807) is 0 Å². The summed E-state index contributed by atoms with van der Waals surface area (Å²) >= 11 is 0. The second-order valence-electron chi connectivity index (χ2n) is 21.4. The van der Waals surface area contributed by atoms with Gasteiger partial charge in [-0.1, -0.05) is 191 Å². The van der Waals surface area contributed by atoms with Gasteiger partial charge in [0.05, 0.1) is 0 Å². The molecular formula is C52H88AuClP4. The van der Waals surface area contributed by atoms with E-state index in [1.165, 1.54) is 51.4 Å². The first-order chi connectivity index (χ1) is 26.5. The van der Waals surface area contributed by atoms with Crippen LogP contribution in [-0.4, -0.2) is 45.3 Å². The van der Waals surface area contributed by atoms with Gasteiger partial charge in [-0.2, -0.15) is 0 Å². The quantitative estimate of drug-likeness (QED) is 0.147. The van der Waals surface area contributed by atoms with Crippen molar-refractivity contribution in [2.24, 2.45) is 47.3 Å². The van der Waals surface area contributed by atoms with Gasteiger partial charge in [-0.3, -0.25) is 0 Å². The zero-order valence-electron chi connectivity index (χ0n) is 40.0. The molecule has 4 aliphatic rings.